The molecule has 0 fully saturated rings. The van der Waals surface area contributed by atoms with Crippen LogP contribution < -0.4 is 4.74 Å². The van der Waals surface area contributed by atoms with E-state index in [1.165, 1.54) is 0 Å². The first-order valence-electron chi connectivity index (χ1n) is 4.57. The van der Waals surface area contributed by atoms with Gasteiger partial charge in [0, 0.05) is 6.20 Å². The second kappa shape index (κ2) is 3.16. The van der Waals surface area contributed by atoms with E-state index in [9.17, 15) is 0 Å². The molecule has 1 aromatic carbocycles. The van der Waals surface area contributed by atoms with Crippen LogP contribution in [0.2, 0.25) is 0 Å². The lowest BCUT2D eigenvalue weighted by molar-refractivity contribution is 0.449. The topological polar surface area (TPSA) is 46.3 Å². The van der Waals surface area contributed by atoms with Gasteiger partial charge >= 0.3 is 0 Å². The molecule has 0 N–H and O–H groups in total. The van der Waals surface area contributed by atoms with Gasteiger partial charge in [-0.2, -0.15) is 5.11 Å². The van der Waals surface area contributed by atoms with Gasteiger partial charge < -0.3 is 4.74 Å². The van der Waals surface area contributed by atoms with Gasteiger partial charge in [0.2, 0.25) is 5.84 Å². The van der Waals surface area contributed by atoms with E-state index in [2.05, 4.69) is 15.2 Å². The summed E-state index contributed by atoms with van der Waals surface area (Å²) in [4.78, 5) is 4.35. The Balaban J connectivity index is 2.17. The Morgan fingerprint density at radius 3 is 3.07 bits per heavy atom. The summed E-state index contributed by atoms with van der Waals surface area (Å²) in [5, 5.41) is 7.75. The summed E-state index contributed by atoms with van der Waals surface area (Å²) in [5.74, 6) is 1.89. The summed E-state index contributed by atoms with van der Waals surface area (Å²) in [6.45, 7) is 0. The maximum atomic E-state index is 5.64. The Bertz CT molecular complexity index is 526. The first kappa shape index (κ1) is 8.11. The molecule has 0 saturated heterocycles. The Morgan fingerprint density at radius 2 is 2.07 bits per heavy atom. The highest BCUT2D eigenvalue weighted by atomic mass is 16.5. The van der Waals surface area contributed by atoms with Crippen molar-refractivity contribution in [3.63, 3.8) is 0 Å². The number of benzene rings is 1. The summed E-state index contributed by atoms with van der Waals surface area (Å²) >= 11 is 0. The van der Waals surface area contributed by atoms with Gasteiger partial charge in [0.1, 0.15) is 5.69 Å². The quantitative estimate of drug-likeness (QED) is 0.630. The summed E-state index contributed by atoms with van der Waals surface area (Å²) in [7, 11) is 0. The average Bonchev–Trinajstić information content (AvgIpc) is 2.50. The van der Waals surface area contributed by atoms with Gasteiger partial charge in [-0.05, 0) is 24.3 Å². The number of fused-ring (bicyclic) bond motifs is 2. The molecule has 4 nitrogen and oxygen atoms in total. The Kier molecular flexibility index (Phi) is 1.71. The van der Waals surface area contributed by atoms with Crippen molar-refractivity contribution in [1.29, 1.82) is 0 Å². The fourth-order valence-electron chi connectivity index (χ4n) is 1.41. The molecule has 0 aromatic heterocycles. The van der Waals surface area contributed by atoms with Crippen LogP contribution in [0, 0.1) is 0 Å². The SMILES string of the molecule is C1=CN=NC2=Nc3ccccc3OC2=C1. The minimum atomic E-state index is 0.513. The number of azo groups is 1. The number of aliphatic imine (C=N–C) groups is 1. The fourth-order valence-corrected chi connectivity index (χ4v) is 1.41. The molecule has 4 heteroatoms. The van der Waals surface area contributed by atoms with Gasteiger partial charge in [-0.15, -0.1) is 5.11 Å². The third kappa shape index (κ3) is 1.36. The van der Waals surface area contributed by atoms with E-state index < -0.39 is 0 Å². The molecule has 0 bridgehead atoms. The number of para-hydroxylation sites is 2. The molecule has 72 valence electrons. The second-order valence-electron chi connectivity index (χ2n) is 3.09. The monoisotopic (exact) mass is 197 g/mol. The first-order chi connectivity index (χ1) is 7.43. The van der Waals surface area contributed by atoms with E-state index in [1.54, 1.807) is 18.4 Å². The van der Waals surface area contributed by atoms with E-state index in [0.717, 1.165) is 11.4 Å². The van der Waals surface area contributed by atoms with Crippen LogP contribution in [0.5, 0.6) is 5.75 Å². The zero-order chi connectivity index (χ0) is 10.1. The zero-order valence-corrected chi connectivity index (χ0v) is 7.79. The number of nitrogens with zero attached hydrogens (tertiary/aromatic N) is 3. The lowest BCUT2D eigenvalue weighted by Gasteiger charge is -2.15. The Labute approximate surface area is 86.3 Å². The predicted octanol–water partition coefficient (Wildman–Crippen LogP) is 2.97. The van der Waals surface area contributed by atoms with Crippen molar-refractivity contribution in [2.75, 3.05) is 0 Å². The molecule has 0 aliphatic carbocycles. The van der Waals surface area contributed by atoms with Crippen molar-refractivity contribution >= 4 is 11.5 Å². The molecular weight excluding hydrogens is 190 g/mol. The van der Waals surface area contributed by atoms with E-state index in [1.807, 2.05) is 24.3 Å². The maximum absolute atomic E-state index is 5.64. The predicted molar refractivity (Wildman–Crippen MR) is 56.2 cm³/mol. The molecule has 0 spiro atoms. The third-order valence-electron chi connectivity index (χ3n) is 2.08. The highest BCUT2D eigenvalue weighted by molar-refractivity contribution is 6.01. The smallest absolute Gasteiger partial charge is 0.218 e. The van der Waals surface area contributed by atoms with E-state index >= 15 is 0 Å². The number of amidine groups is 1. The minimum Gasteiger partial charge on any atom is -0.451 e. The number of ether oxygens (including phenoxy) is 1. The number of allylic oxidation sites excluding steroid dienone is 2. The van der Waals surface area contributed by atoms with Crippen LogP contribution >= 0.6 is 0 Å². The fraction of sp³-hybridized carbons (Fsp3) is 0. The van der Waals surface area contributed by atoms with Gasteiger partial charge in [-0.3, -0.25) is 0 Å². The maximum Gasteiger partial charge on any atom is 0.218 e. The van der Waals surface area contributed by atoms with E-state index in [-0.39, 0.29) is 0 Å². The van der Waals surface area contributed by atoms with E-state index in [0.29, 0.717) is 11.6 Å². The molecule has 0 unspecified atom stereocenters. The molecular formula is C11H7N3O. The molecule has 2 aliphatic heterocycles. The average molecular weight is 197 g/mol. The summed E-state index contributed by atoms with van der Waals surface area (Å²) < 4.78 is 5.64. The van der Waals surface area contributed by atoms with Crippen molar-refractivity contribution in [2.24, 2.45) is 15.2 Å². The second-order valence-corrected chi connectivity index (χ2v) is 3.09. The zero-order valence-electron chi connectivity index (χ0n) is 7.79. The minimum absolute atomic E-state index is 0.513. The summed E-state index contributed by atoms with van der Waals surface area (Å²) in [6.07, 6.45) is 5.17. The number of hydrogen-bond donors (Lipinski definition) is 0. The molecule has 1 aromatic rings. The Morgan fingerprint density at radius 1 is 1.13 bits per heavy atom. The van der Waals surface area contributed by atoms with Crippen LogP contribution in [-0.4, -0.2) is 5.84 Å². The van der Waals surface area contributed by atoms with Gasteiger partial charge in [0.15, 0.2) is 11.5 Å². The summed E-state index contributed by atoms with van der Waals surface area (Å²) in [6, 6.07) is 7.58. The third-order valence-corrected chi connectivity index (χ3v) is 2.08. The van der Waals surface area contributed by atoms with Crippen LogP contribution in [-0.2, 0) is 0 Å². The van der Waals surface area contributed by atoms with Crippen molar-refractivity contribution in [2.45, 2.75) is 0 Å². The molecule has 2 heterocycles. The largest absolute Gasteiger partial charge is 0.451 e. The molecule has 0 amide bonds. The standard InChI is InChI=1S/C11H7N3O/c1-2-5-9-8(4-1)13-11-10(15-9)6-3-7-12-14-11/h1-7H. The highest BCUT2D eigenvalue weighted by Crippen LogP contribution is 2.33. The van der Waals surface area contributed by atoms with Gasteiger partial charge in [-0.1, -0.05) is 12.1 Å². The van der Waals surface area contributed by atoms with Crippen molar-refractivity contribution in [1.82, 2.24) is 0 Å². The van der Waals surface area contributed by atoms with E-state index in [4.69, 9.17) is 4.74 Å². The highest BCUT2D eigenvalue weighted by Gasteiger charge is 2.18. The molecule has 0 radical (unpaired) electrons. The van der Waals surface area contributed by atoms with Crippen LogP contribution in [0.25, 0.3) is 0 Å². The van der Waals surface area contributed by atoms with Crippen LogP contribution in [0.1, 0.15) is 0 Å². The van der Waals surface area contributed by atoms with Crippen LogP contribution in [0.15, 0.2) is 63.6 Å². The van der Waals surface area contributed by atoms with Gasteiger partial charge in [0.25, 0.3) is 0 Å². The lowest BCUT2D eigenvalue weighted by atomic mass is 10.2. The summed E-state index contributed by atoms with van der Waals surface area (Å²) in [5.41, 5.74) is 0.783. The first-order valence-corrected chi connectivity index (χ1v) is 4.57. The molecule has 15 heavy (non-hydrogen) atoms. The van der Waals surface area contributed by atoms with Crippen molar-refractivity contribution in [3.8, 4) is 5.75 Å². The van der Waals surface area contributed by atoms with Crippen LogP contribution in [0.4, 0.5) is 5.69 Å². The Hall–Kier alpha value is -2.23. The normalized spacial score (nSPS) is 16.8. The van der Waals surface area contributed by atoms with Crippen molar-refractivity contribution in [3.05, 3.63) is 48.4 Å². The molecule has 3 rings (SSSR count). The molecule has 0 atom stereocenters. The number of hydrogen-bond acceptors (Lipinski definition) is 4. The molecule has 0 saturated carbocycles. The number of rotatable bonds is 0. The van der Waals surface area contributed by atoms with Crippen molar-refractivity contribution < 1.29 is 4.74 Å². The molecule has 2 aliphatic rings. The van der Waals surface area contributed by atoms with Crippen LogP contribution in [0.3, 0.4) is 0 Å². The van der Waals surface area contributed by atoms with Gasteiger partial charge in [-0.25, -0.2) is 4.99 Å². The van der Waals surface area contributed by atoms with Gasteiger partial charge in [0.05, 0.1) is 0 Å². The lowest BCUT2D eigenvalue weighted by Crippen LogP contribution is -2.09.